The molecule has 0 bridgehead atoms. The van der Waals surface area contributed by atoms with Crippen LogP contribution in [-0.2, 0) is 16.0 Å². The summed E-state index contributed by atoms with van der Waals surface area (Å²) in [5.74, 6) is 0.999. The molecule has 0 saturated carbocycles. The molecule has 1 unspecified atom stereocenters. The second-order valence-corrected chi connectivity index (χ2v) is 5.47. The van der Waals surface area contributed by atoms with Crippen molar-refractivity contribution in [2.45, 2.75) is 19.4 Å². The molecular formula is C19H22N2O4. The minimum atomic E-state index is -0.654. The number of hydrogen-bond acceptors (Lipinski definition) is 4. The van der Waals surface area contributed by atoms with Crippen molar-refractivity contribution in [2.75, 3.05) is 19.5 Å². The summed E-state index contributed by atoms with van der Waals surface area (Å²) in [7, 11) is 3.19. The number of methoxy groups -OCH3 is 1. The maximum Gasteiger partial charge on any atom is 0.265 e. The first kappa shape index (κ1) is 18.3. The molecule has 2 rings (SSSR count). The van der Waals surface area contributed by atoms with E-state index in [1.165, 1.54) is 0 Å². The summed E-state index contributed by atoms with van der Waals surface area (Å²) in [6.07, 6.45) is -0.347. The molecule has 2 aromatic carbocycles. The van der Waals surface area contributed by atoms with Gasteiger partial charge in [0.15, 0.2) is 6.10 Å². The molecule has 0 aliphatic heterocycles. The summed E-state index contributed by atoms with van der Waals surface area (Å²) in [4.78, 5) is 23.6. The quantitative estimate of drug-likeness (QED) is 0.810. The maximum atomic E-state index is 12.2. The van der Waals surface area contributed by atoms with Crippen LogP contribution in [0.4, 0.5) is 5.69 Å². The summed E-state index contributed by atoms with van der Waals surface area (Å²) < 4.78 is 10.7. The third kappa shape index (κ3) is 5.53. The van der Waals surface area contributed by atoms with Crippen LogP contribution in [-0.4, -0.2) is 32.1 Å². The van der Waals surface area contributed by atoms with Gasteiger partial charge in [-0.1, -0.05) is 12.1 Å². The fourth-order valence-electron chi connectivity index (χ4n) is 2.14. The molecular weight excluding hydrogens is 320 g/mol. The molecule has 0 saturated heterocycles. The number of rotatable bonds is 7. The Balaban J connectivity index is 1.90. The van der Waals surface area contributed by atoms with Gasteiger partial charge in [0.2, 0.25) is 5.91 Å². The SMILES string of the molecule is CNC(=O)Cc1ccc(NC(=O)C(C)Oc2ccc(OC)cc2)cc1. The largest absolute Gasteiger partial charge is 0.497 e. The van der Waals surface area contributed by atoms with Crippen molar-refractivity contribution in [3.63, 3.8) is 0 Å². The predicted octanol–water partition coefficient (Wildman–Crippen LogP) is 2.39. The van der Waals surface area contributed by atoms with E-state index in [2.05, 4.69) is 10.6 Å². The highest BCUT2D eigenvalue weighted by atomic mass is 16.5. The van der Waals surface area contributed by atoms with Gasteiger partial charge >= 0.3 is 0 Å². The predicted molar refractivity (Wildman–Crippen MR) is 95.9 cm³/mol. The van der Waals surface area contributed by atoms with Gasteiger partial charge in [0.1, 0.15) is 11.5 Å². The second kappa shape index (κ2) is 8.73. The number of ether oxygens (including phenoxy) is 2. The van der Waals surface area contributed by atoms with Crippen molar-refractivity contribution in [3.05, 3.63) is 54.1 Å². The lowest BCUT2D eigenvalue weighted by molar-refractivity contribution is -0.122. The lowest BCUT2D eigenvalue weighted by Crippen LogP contribution is -2.30. The van der Waals surface area contributed by atoms with E-state index >= 15 is 0 Å². The number of nitrogens with one attached hydrogen (secondary N) is 2. The lowest BCUT2D eigenvalue weighted by Gasteiger charge is -2.15. The van der Waals surface area contributed by atoms with E-state index in [1.54, 1.807) is 69.6 Å². The molecule has 0 aliphatic carbocycles. The van der Waals surface area contributed by atoms with E-state index in [4.69, 9.17) is 9.47 Å². The molecule has 0 radical (unpaired) electrons. The molecule has 2 amide bonds. The number of hydrogen-bond donors (Lipinski definition) is 2. The van der Waals surface area contributed by atoms with Crippen LogP contribution in [0.25, 0.3) is 0 Å². The van der Waals surface area contributed by atoms with Gasteiger partial charge in [-0.25, -0.2) is 0 Å². The van der Waals surface area contributed by atoms with Crippen LogP contribution in [0.15, 0.2) is 48.5 Å². The van der Waals surface area contributed by atoms with E-state index in [9.17, 15) is 9.59 Å². The number of likely N-dealkylation sites (N-methyl/N-ethyl adjacent to an activating group) is 1. The van der Waals surface area contributed by atoms with Crippen LogP contribution < -0.4 is 20.1 Å². The van der Waals surface area contributed by atoms with Crippen molar-refractivity contribution < 1.29 is 19.1 Å². The van der Waals surface area contributed by atoms with Crippen molar-refractivity contribution in [1.29, 1.82) is 0 Å². The molecule has 0 aliphatic rings. The van der Waals surface area contributed by atoms with Gasteiger partial charge in [0, 0.05) is 12.7 Å². The molecule has 132 valence electrons. The zero-order chi connectivity index (χ0) is 18.2. The van der Waals surface area contributed by atoms with Crippen molar-refractivity contribution in [1.82, 2.24) is 5.32 Å². The van der Waals surface area contributed by atoms with E-state index in [0.717, 1.165) is 11.3 Å². The van der Waals surface area contributed by atoms with Gasteiger partial charge in [-0.05, 0) is 48.9 Å². The van der Waals surface area contributed by atoms with Crippen molar-refractivity contribution in [2.24, 2.45) is 0 Å². The summed E-state index contributed by atoms with van der Waals surface area (Å²) in [6, 6.07) is 14.2. The third-order valence-corrected chi connectivity index (χ3v) is 3.61. The zero-order valence-corrected chi connectivity index (χ0v) is 14.5. The molecule has 0 heterocycles. The highest BCUT2D eigenvalue weighted by Crippen LogP contribution is 2.18. The Hall–Kier alpha value is -3.02. The molecule has 0 spiro atoms. The fourth-order valence-corrected chi connectivity index (χ4v) is 2.14. The highest BCUT2D eigenvalue weighted by molar-refractivity contribution is 5.94. The van der Waals surface area contributed by atoms with E-state index in [1.807, 2.05) is 0 Å². The molecule has 6 heteroatoms. The van der Waals surface area contributed by atoms with Crippen LogP contribution in [0.1, 0.15) is 12.5 Å². The molecule has 0 fully saturated rings. The van der Waals surface area contributed by atoms with Crippen LogP contribution in [0.5, 0.6) is 11.5 Å². The molecule has 1 atom stereocenters. The highest BCUT2D eigenvalue weighted by Gasteiger charge is 2.15. The first-order valence-electron chi connectivity index (χ1n) is 7.93. The van der Waals surface area contributed by atoms with E-state index in [0.29, 0.717) is 17.9 Å². The smallest absolute Gasteiger partial charge is 0.265 e. The maximum absolute atomic E-state index is 12.2. The van der Waals surface area contributed by atoms with Gasteiger partial charge in [-0.2, -0.15) is 0 Å². The molecule has 2 N–H and O–H groups in total. The number of carbonyl (C=O) groups excluding carboxylic acids is 2. The average molecular weight is 342 g/mol. The van der Waals surface area contributed by atoms with Crippen LogP contribution >= 0.6 is 0 Å². The molecule has 0 aromatic heterocycles. The van der Waals surface area contributed by atoms with Crippen LogP contribution in [0.2, 0.25) is 0 Å². The standard InChI is InChI=1S/C19H22N2O4/c1-13(25-17-10-8-16(24-3)9-11-17)19(23)21-15-6-4-14(5-7-15)12-18(22)20-2/h4-11,13H,12H2,1-3H3,(H,20,22)(H,21,23). The number of carbonyl (C=O) groups is 2. The number of amides is 2. The third-order valence-electron chi connectivity index (χ3n) is 3.61. The Kier molecular flexibility index (Phi) is 6.39. The van der Waals surface area contributed by atoms with Crippen LogP contribution in [0, 0.1) is 0 Å². The zero-order valence-electron chi connectivity index (χ0n) is 14.5. The van der Waals surface area contributed by atoms with Crippen molar-refractivity contribution in [3.8, 4) is 11.5 Å². The minimum Gasteiger partial charge on any atom is -0.497 e. The average Bonchev–Trinajstić information content (AvgIpc) is 2.63. The molecule has 2 aromatic rings. The Bertz CT molecular complexity index is 711. The first-order chi connectivity index (χ1) is 12.0. The normalized spacial score (nSPS) is 11.3. The van der Waals surface area contributed by atoms with Crippen molar-refractivity contribution >= 4 is 17.5 Å². The van der Waals surface area contributed by atoms with Gasteiger partial charge in [-0.3, -0.25) is 9.59 Å². The Morgan fingerprint density at radius 1 is 1.00 bits per heavy atom. The van der Waals surface area contributed by atoms with Gasteiger partial charge in [-0.15, -0.1) is 0 Å². The van der Waals surface area contributed by atoms with E-state index < -0.39 is 6.10 Å². The Labute approximate surface area is 147 Å². The number of anilines is 1. The van der Waals surface area contributed by atoms with E-state index in [-0.39, 0.29) is 11.8 Å². The van der Waals surface area contributed by atoms with Crippen LogP contribution in [0.3, 0.4) is 0 Å². The topological polar surface area (TPSA) is 76.7 Å². The lowest BCUT2D eigenvalue weighted by atomic mass is 10.1. The Morgan fingerprint density at radius 3 is 2.16 bits per heavy atom. The summed E-state index contributed by atoms with van der Waals surface area (Å²) in [6.45, 7) is 1.68. The number of benzene rings is 2. The molecule has 25 heavy (non-hydrogen) atoms. The molecule has 6 nitrogen and oxygen atoms in total. The fraction of sp³-hybridized carbons (Fsp3) is 0.263. The van der Waals surface area contributed by atoms with Gasteiger partial charge < -0.3 is 20.1 Å². The Morgan fingerprint density at radius 2 is 1.60 bits per heavy atom. The monoisotopic (exact) mass is 342 g/mol. The second-order valence-electron chi connectivity index (χ2n) is 5.47. The van der Waals surface area contributed by atoms with Gasteiger partial charge in [0.25, 0.3) is 5.91 Å². The van der Waals surface area contributed by atoms with Gasteiger partial charge in [0.05, 0.1) is 13.5 Å². The summed E-state index contributed by atoms with van der Waals surface area (Å²) >= 11 is 0. The summed E-state index contributed by atoms with van der Waals surface area (Å²) in [5, 5.41) is 5.36. The first-order valence-corrected chi connectivity index (χ1v) is 7.93. The summed E-state index contributed by atoms with van der Waals surface area (Å²) in [5.41, 5.74) is 1.52. The minimum absolute atomic E-state index is 0.0571.